The van der Waals surface area contributed by atoms with E-state index in [4.69, 9.17) is 33.7 Å². The molecule has 8 heteroatoms. The molecule has 1 aliphatic heterocycles. The molecule has 5 nitrogen and oxygen atoms in total. The number of nitrogens with zero attached hydrogens (tertiary/aromatic N) is 1. The summed E-state index contributed by atoms with van der Waals surface area (Å²) in [6, 6.07) is 2.77. The van der Waals surface area contributed by atoms with Crippen LogP contribution >= 0.6 is 23.2 Å². The second-order valence-corrected chi connectivity index (χ2v) is 8.49. The molecule has 2 N–H and O–H groups in total. The number of ether oxygens (including phenoxy) is 1. The van der Waals surface area contributed by atoms with Crippen molar-refractivity contribution < 1.29 is 13.2 Å². The van der Waals surface area contributed by atoms with Crippen molar-refractivity contribution >= 4 is 38.9 Å². The second-order valence-electron chi connectivity index (χ2n) is 5.80. The van der Waals surface area contributed by atoms with Crippen LogP contribution in [0.25, 0.3) is 0 Å². The van der Waals surface area contributed by atoms with Gasteiger partial charge in [-0.25, -0.2) is 8.42 Å². The summed E-state index contributed by atoms with van der Waals surface area (Å²) in [7, 11) is -3.81. The monoisotopic (exact) mass is 352 g/mol. The van der Waals surface area contributed by atoms with Gasteiger partial charge in [0.25, 0.3) is 0 Å². The molecular weight excluding hydrogens is 335 g/mol. The molecule has 1 aliphatic rings. The fraction of sp³-hybridized carbons (Fsp3) is 0.538. The maximum absolute atomic E-state index is 12.8. The van der Waals surface area contributed by atoms with Crippen LogP contribution in [-0.4, -0.2) is 37.5 Å². The van der Waals surface area contributed by atoms with E-state index in [0.29, 0.717) is 5.69 Å². The Kier molecular flexibility index (Phi) is 4.48. The number of sulfonamides is 1. The van der Waals surface area contributed by atoms with Gasteiger partial charge in [0.2, 0.25) is 10.0 Å². The summed E-state index contributed by atoms with van der Waals surface area (Å²) in [6.45, 7) is 6.00. The van der Waals surface area contributed by atoms with Gasteiger partial charge in [0.05, 0.1) is 21.8 Å². The first kappa shape index (κ1) is 16.8. The van der Waals surface area contributed by atoms with E-state index in [-0.39, 0.29) is 34.1 Å². The van der Waals surface area contributed by atoms with Crippen LogP contribution in [0.3, 0.4) is 0 Å². The Bertz CT molecular complexity index is 638. The summed E-state index contributed by atoms with van der Waals surface area (Å²) >= 11 is 12.1. The predicted molar refractivity (Wildman–Crippen MR) is 84.3 cm³/mol. The third-order valence-electron chi connectivity index (χ3n) is 3.16. The molecule has 1 heterocycles. The smallest absolute Gasteiger partial charge is 0.246 e. The van der Waals surface area contributed by atoms with Gasteiger partial charge in [0.1, 0.15) is 4.90 Å². The molecule has 0 spiro atoms. The molecule has 0 bridgehead atoms. The minimum absolute atomic E-state index is 0.0250. The second kappa shape index (κ2) is 5.59. The highest BCUT2D eigenvalue weighted by molar-refractivity contribution is 7.89. The standard InChI is InChI=1S/C13H18Cl2N2O3S/c1-8-6-17(7-13(2,3)20-8)21(18,19)12-10(14)4-9(16)5-11(12)15/h4-5,8H,6-7,16H2,1-3H3. The lowest BCUT2D eigenvalue weighted by Crippen LogP contribution is -2.53. The topological polar surface area (TPSA) is 72.6 Å². The van der Waals surface area contributed by atoms with Crippen molar-refractivity contribution in [3.05, 3.63) is 22.2 Å². The lowest BCUT2D eigenvalue weighted by molar-refractivity contribution is -0.109. The third kappa shape index (κ3) is 3.46. The van der Waals surface area contributed by atoms with E-state index in [0.717, 1.165) is 0 Å². The molecule has 1 fully saturated rings. The molecule has 0 aliphatic carbocycles. The molecule has 1 aromatic carbocycles. The molecule has 1 saturated heterocycles. The van der Waals surface area contributed by atoms with Crippen LogP contribution in [0.4, 0.5) is 5.69 Å². The van der Waals surface area contributed by atoms with Crippen LogP contribution in [0, 0.1) is 0 Å². The van der Waals surface area contributed by atoms with E-state index in [1.165, 1.54) is 16.4 Å². The van der Waals surface area contributed by atoms with Crippen LogP contribution in [-0.2, 0) is 14.8 Å². The lowest BCUT2D eigenvalue weighted by atomic mass is 10.1. The molecule has 1 aromatic rings. The average Bonchev–Trinajstić information content (AvgIpc) is 2.23. The van der Waals surface area contributed by atoms with Gasteiger partial charge < -0.3 is 10.5 Å². The summed E-state index contributed by atoms with van der Waals surface area (Å²) in [5.74, 6) is 0. The molecule has 2 rings (SSSR count). The van der Waals surface area contributed by atoms with Crippen molar-refractivity contribution in [1.29, 1.82) is 0 Å². The molecule has 1 atom stereocenters. The molecular formula is C13H18Cl2N2O3S. The van der Waals surface area contributed by atoms with Crippen molar-refractivity contribution in [3.63, 3.8) is 0 Å². The van der Waals surface area contributed by atoms with E-state index in [1.54, 1.807) is 0 Å². The first-order chi connectivity index (χ1) is 9.53. The first-order valence-electron chi connectivity index (χ1n) is 6.45. The number of morpholine rings is 1. The van der Waals surface area contributed by atoms with Crippen LogP contribution < -0.4 is 5.73 Å². The van der Waals surface area contributed by atoms with Crippen LogP contribution in [0.15, 0.2) is 17.0 Å². The van der Waals surface area contributed by atoms with Gasteiger partial charge in [-0.2, -0.15) is 4.31 Å². The van der Waals surface area contributed by atoms with Gasteiger partial charge in [-0.1, -0.05) is 23.2 Å². The first-order valence-corrected chi connectivity index (χ1v) is 8.65. The molecule has 0 saturated carbocycles. The Morgan fingerprint density at radius 2 is 1.86 bits per heavy atom. The molecule has 118 valence electrons. The number of nitrogen functional groups attached to an aromatic ring is 1. The van der Waals surface area contributed by atoms with E-state index in [1.807, 2.05) is 20.8 Å². The Morgan fingerprint density at radius 3 is 2.33 bits per heavy atom. The van der Waals surface area contributed by atoms with E-state index in [2.05, 4.69) is 0 Å². The van der Waals surface area contributed by atoms with Crippen molar-refractivity contribution in [1.82, 2.24) is 4.31 Å². The van der Waals surface area contributed by atoms with Gasteiger partial charge in [-0.15, -0.1) is 0 Å². The minimum Gasteiger partial charge on any atom is -0.399 e. The maximum atomic E-state index is 12.8. The minimum atomic E-state index is -3.81. The third-order valence-corrected chi connectivity index (χ3v) is 5.89. The molecule has 1 unspecified atom stereocenters. The number of anilines is 1. The van der Waals surface area contributed by atoms with Crippen molar-refractivity contribution in [2.45, 2.75) is 37.4 Å². The summed E-state index contributed by atoms with van der Waals surface area (Å²) < 4.78 is 32.7. The van der Waals surface area contributed by atoms with Gasteiger partial charge >= 0.3 is 0 Å². The van der Waals surface area contributed by atoms with E-state index < -0.39 is 15.6 Å². The van der Waals surface area contributed by atoms with E-state index >= 15 is 0 Å². The molecule has 21 heavy (non-hydrogen) atoms. The van der Waals surface area contributed by atoms with Crippen molar-refractivity contribution in [2.75, 3.05) is 18.8 Å². The Balaban J connectivity index is 2.48. The number of benzene rings is 1. The predicted octanol–water partition coefficient (Wildman–Crippen LogP) is 2.76. The summed E-state index contributed by atoms with van der Waals surface area (Å²) in [5, 5.41) is 0.0499. The Morgan fingerprint density at radius 1 is 1.33 bits per heavy atom. The van der Waals surface area contributed by atoms with Crippen LogP contribution in [0.1, 0.15) is 20.8 Å². The Hall–Kier alpha value is -0.530. The van der Waals surface area contributed by atoms with Gasteiger partial charge in [0.15, 0.2) is 0 Å². The molecule has 0 aromatic heterocycles. The highest BCUT2D eigenvalue weighted by Crippen LogP contribution is 2.35. The zero-order valence-corrected chi connectivity index (χ0v) is 14.4. The number of nitrogens with two attached hydrogens (primary N) is 1. The van der Waals surface area contributed by atoms with Gasteiger partial charge in [-0.3, -0.25) is 0 Å². The fourth-order valence-electron chi connectivity index (χ4n) is 2.53. The Labute approximate surface area is 135 Å². The van der Waals surface area contributed by atoms with Gasteiger partial charge in [0, 0.05) is 18.8 Å². The number of halogens is 2. The van der Waals surface area contributed by atoms with Crippen molar-refractivity contribution in [3.8, 4) is 0 Å². The molecule has 0 amide bonds. The highest BCUT2D eigenvalue weighted by Gasteiger charge is 2.39. The summed E-state index contributed by atoms with van der Waals surface area (Å²) in [4.78, 5) is -0.107. The van der Waals surface area contributed by atoms with Gasteiger partial charge in [-0.05, 0) is 32.9 Å². The average molecular weight is 353 g/mol. The zero-order chi connectivity index (χ0) is 16.0. The van der Waals surface area contributed by atoms with Crippen LogP contribution in [0.2, 0.25) is 10.0 Å². The normalized spacial score (nSPS) is 23.2. The van der Waals surface area contributed by atoms with E-state index in [9.17, 15) is 8.42 Å². The quantitative estimate of drug-likeness (QED) is 0.830. The van der Waals surface area contributed by atoms with Crippen molar-refractivity contribution in [2.24, 2.45) is 0 Å². The highest BCUT2D eigenvalue weighted by atomic mass is 35.5. The number of hydrogen-bond acceptors (Lipinski definition) is 4. The SMILES string of the molecule is CC1CN(S(=O)(=O)c2c(Cl)cc(N)cc2Cl)CC(C)(C)O1. The van der Waals surface area contributed by atoms with Crippen LogP contribution in [0.5, 0.6) is 0 Å². The zero-order valence-electron chi connectivity index (χ0n) is 12.1. The number of hydrogen-bond donors (Lipinski definition) is 1. The maximum Gasteiger partial charge on any atom is 0.246 e. The fourth-order valence-corrected chi connectivity index (χ4v) is 5.38. The largest absolute Gasteiger partial charge is 0.399 e. The number of rotatable bonds is 2. The summed E-state index contributed by atoms with van der Waals surface area (Å²) in [6.07, 6.45) is -0.213. The lowest BCUT2D eigenvalue weighted by Gasteiger charge is -2.41. The summed E-state index contributed by atoms with van der Waals surface area (Å²) in [5.41, 5.74) is 5.37. The molecule has 0 radical (unpaired) electrons.